The van der Waals surface area contributed by atoms with E-state index in [0.29, 0.717) is 18.5 Å². The predicted molar refractivity (Wildman–Crippen MR) is 118 cm³/mol. The lowest BCUT2D eigenvalue weighted by Crippen LogP contribution is -2.51. The van der Waals surface area contributed by atoms with Crippen molar-refractivity contribution < 1.29 is 14.4 Å². The van der Waals surface area contributed by atoms with Crippen LogP contribution < -0.4 is 10.2 Å². The second-order valence-electron chi connectivity index (χ2n) is 7.94. The van der Waals surface area contributed by atoms with Gasteiger partial charge in [-0.05, 0) is 30.7 Å². The van der Waals surface area contributed by atoms with E-state index in [9.17, 15) is 14.4 Å². The molecule has 156 valence electrons. The van der Waals surface area contributed by atoms with E-state index in [-0.39, 0.29) is 17.7 Å². The Morgan fingerprint density at radius 1 is 1.07 bits per heavy atom. The van der Waals surface area contributed by atoms with Crippen molar-refractivity contribution in [3.8, 4) is 0 Å². The zero-order valence-electron chi connectivity index (χ0n) is 17.9. The van der Waals surface area contributed by atoms with Gasteiger partial charge >= 0.3 is 0 Å². The Bertz CT molecular complexity index is 842. The summed E-state index contributed by atoms with van der Waals surface area (Å²) in [5.74, 6) is -0.222. The molecule has 0 saturated carbocycles. The number of unbranched alkanes of at least 4 members (excludes halogenated alkanes) is 1. The van der Waals surface area contributed by atoms with E-state index in [0.717, 1.165) is 29.9 Å². The van der Waals surface area contributed by atoms with Gasteiger partial charge in [0.2, 0.25) is 11.8 Å². The second-order valence-corrected chi connectivity index (χ2v) is 7.94. The monoisotopic (exact) mass is 396 g/mol. The molecule has 2 amide bonds. The molecule has 0 radical (unpaired) electrons. The smallest absolute Gasteiger partial charge is 0.249 e. The molecule has 5 nitrogen and oxygen atoms in total. The minimum Gasteiger partial charge on any atom is -0.345 e. The Labute approximate surface area is 173 Å². The molecule has 0 aliphatic carbocycles. The Balaban J connectivity index is 2.42. The van der Waals surface area contributed by atoms with E-state index in [1.54, 1.807) is 11.8 Å². The first kappa shape index (κ1) is 22.6. The Morgan fingerprint density at radius 3 is 2.41 bits per heavy atom. The summed E-state index contributed by atoms with van der Waals surface area (Å²) in [7, 11) is 0. The van der Waals surface area contributed by atoms with Gasteiger partial charge in [0.15, 0.2) is 0 Å². The third-order valence-electron chi connectivity index (χ3n) is 4.95. The van der Waals surface area contributed by atoms with Crippen LogP contribution in [0.5, 0.6) is 0 Å². The first-order valence-electron chi connectivity index (χ1n) is 10.4. The van der Waals surface area contributed by atoms with Gasteiger partial charge in [-0.2, -0.15) is 0 Å². The third-order valence-corrected chi connectivity index (χ3v) is 4.95. The summed E-state index contributed by atoms with van der Waals surface area (Å²) in [6, 6.07) is 12.3. The molecule has 0 spiro atoms. The van der Waals surface area contributed by atoms with Crippen molar-refractivity contribution in [2.24, 2.45) is 5.92 Å². The van der Waals surface area contributed by atoms with Gasteiger partial charge < -0.3 is 10.1 Å². The zero-order chi connectivity index (χ0) is 21.4. The summed E-state index contributed by atoms with van der Waals surface area (Å²) in [6.07, 6.45) is 3.56. The van der Waals surface area contributed by atoms with E-state index in [1.807, 2.05) is 56.3 Å². The summed E-state index contributed by atoms with van der Waals surface area (Å²) < 4.78 is 0. The molecular weight excluding hydrogens is 364 g/mol. The summed E-state index contributed by atoms with van der Waals surface area (Å²) >= 11 is 0. The average Bonchev–Trinajstić information content (AvgIpc) is 2.69. The number of hydrogen-bond donors (Lipinski definition) is 1. The number of benzene rings is 2. The van der Waals surface area contributed by atoms with Crippen molar-refractivity contribution >= 4 is 34.6 Å². The molecular formula is C24H32N2O3. The summed E-state index contributed by atoms with van der Waals surface area (Å²) in [6.45, 7) is 7.66. The molecule has 2 atom stereocenters. The minimum atomic E-state index is -0.718. The fourth-order valence-electron chi connectivity index (χ4n) is 3.49. The fraction of sp³-hybridized carbons (Fsp3) is 0.458. The number of nitrogens with one attached hydrogen (secondary N) is 1. The van der Waals surface area contributed by atoms with Crippen LogP contribution in [0.15, 0.2) is 42.5 Å². The summed E-state index contributed by atoms with van der Waals surface area (Å²) in [5.41, 5.74) is 0.700. The van der Waals surface area contributed by atoms with Crippen molar-refractivity contribution in [2.75, 3.05) is 4.90 Å². The van der Waals surface area contributed by atoms with Crippen LogP contribution >= 0.6 is 0 Å². The molecule has 2 aromatic carbocycles. The number of aldehydes is 1. The van der Waals surface area contributed by atoms with Gasteiger partial charge in [-0.1, -0.05) is 70.0 Å². The highest BCUT2D eigenvalue weighted by atomic mass is 16.2. The SMILES string of the molecule is CCCC[C@@H](C=O)N(C(=O)[C@H](C)NC(=O)CC(C)C)c1cccc2ccccc12. The number of fused-ring (bicyclic) bond motifs is 1. The number of rotatable bonds is 10. The lowest BCUT2D eigenvalue weighted by molar-refractivity contribution is -0.128. The van der Waals surface area contributed by atoms with Gasteiger partial charge in [-0.3, -0.25) is 14.5 Å². The molecule has 1 N–H and O–H groups in total. The third kappa shape index (κ3) is 5.89. The molecule has 0 aromatic heterocycles. The van der Waals surface area contributed by atoms with Crippen LogP contribution in [0, 0.1) is 5.92 Å². The molecule has 0 aliphatic rings. The first-order chi connectivity index (χ1) is 13.9. The van der Waals surface area contributed by atoms with Gasteiger partial charge in [0.25, 0.3) is 0 Å². The lowest BCUT2D eigenvalue weighted by atomic mass is 10.0. The fourth-order valence-corrected chi connectivity index (χ4v) is 3.49. The molecule has 0 aliphatic heterocycles. The van der Waals surface area contributed by atoms with Gasteiger partial charge in [-0.25, -0.2) is 0 Å². The molecule has 0 bridgehead atoms. The van der Waals surface area contributed by atoms with Gasteiger partial charge in [0.1, 0.15) is 12.3 Å². The minimum absolute atomic E-state index is 0.157. The first-order valence-corrected chi connectivity index (χ1v) is 10.4. The molecule has 29 heavy (non-hydrogen) atoms. The van der Waals surface area contributed by atoms with Crippen LogP contribution in [0.2, 0.25) is 0 Å². The number of amides is 2. The maximum absolute atomic E-state index is 13.4. The number of nitrogens with zero attached hydrogens (tertiary/aromatic N) is 1. The van der Waals surface area contributed by atoms with Crippen molar-refractivity contribution in [3.05, 3.63) is 42.5 Å². The standard InChI is InChI=1S/C24H32N2O3/c1-5-6-12-20(16-27)26(24(29)18(4)25-23(28)15-17(2)3)22-14-9-11-19-10-7-8-13-21(19)22/h7-11,13-14,16-18,20H,5-6,12,15H2,1-4H3,(H,25,28)/t18-,20-/m0/s1. The number of carbonyl (C=O) groups is 3. The van der Waals surface area contributed by atoms with E-state index in [2.05, 4.69) is 12.2 Å². The highest BCUT2D eigenvalue weighted by molar-refractivity contribution is 6.08. The average molecular weight is 397 g/mol. The van der Waals surface area contributed by atoms with E-state index in [1.165, 1.54) is 0 Å². The van der Waals surface area contributed by atoms with E-state index in [4.69, 9.17) is 0 Å². The molecule has 5 heteroatoms. The molecule has 2 rings (SSSR count). The normalized spacial score (nSPS) is 13.1. The molecule has 0 fully saturated rings. The summed E-state index contributed by atoms with van der Waals surface area (Å²) in [5, 5.41) is 4.71. The summed E-state index contributed by atoms with van der Waals surface area (Å²) in [4.78, 5) is 39.2. The second kappa shape index (κ2) is 10.7. The molecule has 0 saturated heterocycles. The number of carbonyl (C=O) groups excluding carboxylic acids is 3. The van der Waals surface area contributed by atoms with Crippen molar-refractivity contribution in [1.82, 2.24) is 5.32 Å². The van der Waals surface area contributed by atoms with Crippen LogP contribution in [-0.2, 0) is 14.4 Å². The maximum atomic E-state index is 13.4. The van der Waals surface area contributed by atoms with Crippen LogP contribution in [-0.4, -0.2) is 30.2 Å². The van der Waals surface area contributed by atoms with Gasteiger partial charge in [-0.15, -0.1) is 0 Å². The largest absolute Gasteiger partial charge is 0.345 e. The van der Waals surface area contributed by atoms with Crippen LogP contribution in [0.3, 0.4) is 0 Å². The Morgan fingerprint density at radius 2 is 1.76 bits per heavy atom. The van der Waals surface area contributed by atoms with Crippen molar-refractivity contribution in [1.29, 1.82) is 0 Å². The van der Waals surface area contributed by atoms with Crippen molar-refractivity contribution in [2.45, 2.75) is 65.5 Å². The van der Waals surface area contributed by atoms with Gasteiger partial charge in [0.05, 0.1) is 11.7 Å². The molecule has 0 heterocycles. The van der Waals surface area contributed by atoms with E-state index >= 15 is 0 Å². The number of anilines is 1. The highest BCUT2D eigenvalue weighted by Gasteiger charge is 2.30. The van der Waals surface area contributed by atoms with Crippen LogP contribution in [0.4, 0.5) is 5.69 Å². The van der Waals surface area contributed by atoms with E-state index < -0.39 is 12.1 Å². The maximum Gasteiger partial charge on any atom is 0.249 e. The van der Waals surface area contributed by atoms with Crippen molar-refractivity contribution in [3.63, 3.8) is 0 Å². The zero-order valence-corrected chi connectivity index (χ0v) is 17.9. The topological polar surface area (TPSA) is 66.5 Å². The lowest BCUT2D eigenvalue weighted by Gasteiger charge is -2.32. The number of hydrogen-bond acceptors (Lipinski definition) is 3. The van der Waals surface area contributed by atoms with Crippen LogP contribution in [0.1, 0.15) is 53.4 Å². The Hall–Kier alpha value is -2.69. The highest BCUT2D eigenvalue weighted by Crippen LogP contribution is 2.29. The van der Waals surface area contributed by atoms with Crippen LogP contribution in [0.25, 0.3) is 10.8 Å². The quantitative estimate of drug-likeness (QED) is 0.602. The van der Waals surface area contributed by atoms with Gasteiger partial charge in [0, 0.05) is 11.8 Å². The Kier molecular flexibility index (Phi) is 8.37. The molecule has 2 aromatic rings. The predicted octanol–water partition coefficient (Wildman–Crippen LogP) is 4.48. The molecule has 0 unspecified atom stereocenters.